The van der Waals surface area contributed by atoms with Crippen molar-refractivity contribution in [1.82, 2.24) is 5.32 Å². The van der Waals surface area contributed by atoms with Gasteiger partial charge in [0, 0.05) is 6.54 Å². The molecule has 18 heavy (non-hydrogen) atoms. The predicted octanol–water partition coefficient (Wildman–Crippen LogP) is 4.52. The van der Waals surface area contributed by atoms with Crippen molar-refractivity contribution in [3.63, 3.8) is 0 Å². The molecule has 1 aromatic carbocycles. The van der Waals surface area contributed by atoms with E-state index < -0.39 is 0 Å². The number of hydrogen-bond acceptors (Lipinski definition) is 1. The topological polar surface area (TPSA) is 12.0 Å². The van der Waals surface area contributed by atoms with Crippen molar-refractivity contribution in [3.05, 3.63) is 40.2 Å². The molecule has 0 fully saturated rings. The van der Waals surface area contributed by atoms with E-state index in [-0.39, 0.29) is 10.8 Å². The van der Waals surface area contributed by atoms with Gasteiger partial charge in [-0.25, -0.2) is 4.39 Å². The molecule has 0 aliphatic heterocycles. The highest BCUT2D eigenvalue weighted by atomic mass is 35.5. The molecule has 100 valence electrons. The second-order valence-corrected chi connectivity index (χ2v) is 5.26. The van der Waals surface area contributed by atoms with Crippen LogP contribution in [0.25, 0.3) is 6.08 Å². The Morgan fingerprint density at radius 3 is 2.72 bits per heavy atom. The summed E-state index contributed by atoms with van der Waals surface area (Å²) in [5, 5.41) is 3.58. The van der Waals surface area contributed by atoms with Crippen LogP contribution in [0.4, 0.5) is 4.39 Å². The molecule has 1 N–H and O–H groups in total. The summed E-state index contributed by atoms with van der Waals surface area (Å²) >= 11 is 5.77. The van der Waals surface area contributed by atoms with E-state index in [1.807, 2.05) is 0 Å². The first-order valence-electron chi connectivity index (χ1n) is 6.38. The lowest BCUT2D eigenvalue weighted by atomic mass is 10.1. The Hall–Kier alpha value is -0.860. The first-order chi connectivity index (χ1) is 8.52. The van der Waals surface area contributed by atoms with Crippen molar-refractivity contribution < 1.29 is 4.39 Å². The van der Waals surface area contributed by atoms with Gasteiger partial charge in [-0.1, -0.05) is 50.1 Å². The van der Waals surface area contributed by atoms with Crippen LogP contribution in [0.15, 0.2) is 23.8 Å². The fraction of sp³-hybridized carbons (Fsp3) is 0.467. The van der Waals surface area contributed by atoms with Gasteiger partial charge in [-0.3, -0.25) is 0 Å². The molecule has 0 unspecified atom stereocenters. The van der Waals surface area contributed by atoms with Gasteiger partial charge in [0.05, 0.1) is 5.02 Å². The molecule has 0 amide bonds. The second kappa shape index (κ2) is 7.55. The Labute approximate surface area is 114 Å². The lowest BCUT2D eigenvalue weighted by molar-refractivity contribution is 0.569. The van der Waals surface area contributed by atoms with E-state index in [1.54, 1.807) is 12.1 Å². The molecule has 0 atom stereocenters. The molecule has 0 aliphatic rings. The summed E-state index contributed by atoms with van der Waals surface area (Å²) in [6, 6.07) is 4.82. The first-order valence-corrected chi connectivity index (χ1v) is 6.76. The lowest BCUT2D eigenvalue weighted by Crippen LogP contribution is -2.21. The quantitative estimate of drug-likeness (QED) is 0.801. The van der Waals surface area contributed by atoms with E-state index in [9.17, 15) is 4.39 Å². The summed E-state index contributed by atoms with van der Waals surface area (Å²) in [6.45, 7) is 8.35. The average Bonchev–Trinajstić information content (AvgIpc) is 2.32. The number of halogens is 2. The van der Waals surface area contributed by atoms with Crippen molar-refractivity contribution in [3.8, 4) is 0 Å². The third kappa shape index (κ3) is 5.19. The smallest absolute Gasteiger partial charge is 0.141 e. The zero-order valence-corrected chi connectivity index (χ0v) is 12.0. The van der Waals surface area contributed by atoms with Crippen molar-refractivity contribution in [1.29, 1.82) is 0 Å². The molecule has 1 nitrogen and oxygen atoms in total. The minimum absolute atomic E-state index is 0.175. The molecule has 0 saturated carbocycles. The summed E-state index contributed by atoms with van der Waals surface area (Å²) in [5.74, 6) is 0.271. The summed E-state index contributed by atoms with van der Waals surface area (Å²) in [7, 11) is 0. The van der Waals surface area contributed by atoms with Crippen LogP contribution in [-0.4, -0.2) is 13.1 Å². The molecule has 3 heteroatoms. The Kier molecular flexibility index (Phi) is 6.37. The normalized spacial score (nSPS) is 12.2. The standard InChI is InChI=1S/C15H21ClFN/c1-4-12(10-18-9-11(2)3)7-13-5-6-15(17)14(16)8-13/h5-8,11,18H,4,9-10H2,1-3H3/b12-7-. The van der Waals surface area contributed by atoms with Crippen LogP contribution in [0, 0.1) is 11.7 Å². The van der Waals surface area contributed by atoms with E-state index in [0.29, 0.717) is 5.92 Å². The Morgan fingerprint density at radius 2 is 2.17 bits per heavy atom. The average molecular weight is 270 g/mol. The van der Waals surface area contributed by atoms with Gasteiger partial charge in [0.1, 0.15) is 5.82 Å². The van der Waals surface area contributed by atoms with Crippen LogP contribution in [-0.2, 0) is 0 Å². The monoisotopic (exact) mass is 269 g/mol. The van der Waals surface area contributed by atoms with Crippen molar-refractivity contribution in [2.24, 2.45) is 5.92 Å². The number of rotatable bonds is 6. The van der Waals surface area contributed by atoms with Gasteiger partial charge in [-0.05, 0) is 36.6 Å². The summed E-state index contributed by atoms with van der Waals surface area (Å²) in [6.07, 6.45) is 3.04. The molecule has 0 spiro atoms. The molecule has 0 aromatic heterocycles. The molecule has 0 bridgehead atoms. The van der Waals surface area contributed by atoms with E-state index in [1.165, 1.54) is 11.6 Å². The van der Waals surface area contributed by atoms with E-state index >= 15 is 0 Å². The highest BCUT2D eigenvalue weighted by molar-refractivity contribution is 6.30. The molecular formula is C15H21ClFN. The fourth-order valence-electron chi connectivity index (χ4n) is 1.64. The Balaban J connectivity index is 2.68. The van der Waals surface area contributed by atoms with Gasteiger partial charge >= 0.3 is 0 Å². The van der Waals surface area contributed by atoms with Crippen LogP contribution < -0.4 is 5.32 Å². The molecule has 1 aromatic rings. The van der Waals surface area contributed by atoms with E-state index in [0.717, 1.165) is 25.1 Å². The summed E-state index contributed by atoms with van der Waals surface area (Å²) < 4.78 is 13.0. The highest BCUT2D eigenvalue weighted by Crippen LogP contribution is 2.18. The van der Waals surface area contributed by atoms with Crippen LogP contribution in [0.5, 0.6) is 0 Å². The zero-order valence-electron chi connectivity index (χ0n) is 11.3. The number of hydrogen-bond donors (Lipinski definition) is 1. The van der Waals surface area contributed by atoms with Crippen LogP contribution in [0.2, 0.25) is 5.02 Å². The molecule has 0 saturated heterocycles. The van der Waals surface area contributed by atoms with Crippen molar-refractivity contribution in [2.75, 3.05) is 13.1 Å². The Morgan fingerprint density at radius 1 is 1.44 bits per heavy atom. The predicted molar refractivity (Wildman–Crippen MR) is 77.4 cm³/mol. The van der Waals surface area contributed by atoms with E-state index in [4.69, 9.17) is 11.6 Å². The maximum atomic E-state index is 13.0. The van der Waals surface area contributed by atoms with Gasteiger partial charge in [0.2, 0.25) is 0 Å². The third-order valence-electron chi connectivity index (χ3n) is 2.67. The van der Waals surface area contributed by atoms with Gasteiger partial charge in [0.25, 0.3) is 0 Å². The largest absolute Gasteiger partial charge is 0.313 e. The van der Waals surface area contributed by atoms with Gasteiger partial charge in [-0.2, -0.15) is 0 Å². The lowest BCUT2D eigenvalue weighted by Gasteiger charge is -2.09. The summed E-state index contributed by atoms with van der Waals surface area (Å²) in [5.41, 5.74) is 2.24. The molecular weight excluding hydrogens is 249 g/mol. The highest BCUT2D eigenvalue weighted by Gasteiger charge is 2.01. The second-order valence-electron chi connectivity index (χ2n) is 4.85. The molecule has 1 rings (SSSR count). The van der Waals surface area contributed by atoms with Crippen LogP contribution in [0.3, 0.4) is 0 Å². The maximum absolute atomic E-state index is 13.0. The minimum atomic E-state index is -0.371. The van der Waals surface area contributed by atoms with Crippen LogP contribution >= 0.6 is 11.6 Å². The van der Waals surface area contributed by atoms with Crippen molar-refractivity contribution >= 4 is 17.7 Å². The molecule has 0 aliphatic carbocycles. The minimum Gasteiger partial charge on any atom is -0.313 e. The molecule has 0 heterocycles. The fourth-order valence-corrected chi connectivity index (χ4v) is 1.83. The van der Waals surface area contributed by atoms with E-state index in [2.05, 4.69) is 32.2 Å². The maximum Gasteiger partial charge on any atom is 0.141 e. The van der Waals surface area contributed by atoms with Crippen LogP contribution in [0.1, 0.15) is 32.8 Å². The van der Waals surface area contributed by atoms with Crippen molar-refractivity contribution in [2.45, 2.75) is 27.2 Å². The molecule has 0 radical (unpaired) electrons. The Bertz CT molecular complexity index is 413. The van der Waals surface area contributed by atoms with Gasteiger partial charge < -0.3 is 5.32 Å². The zero-order chi connectivity index (χ0) is 13.5. The first kappa shape index (κ1) is 15.2. The SMILES string of the molecule is CC/C(=C/c1ccc(F)c(Cl)c1)CNCC(C)C. The number of benzene rings is 1. The van der Waals surface area contributed by atoms with Gasteiger partial charge in [0.15, 0.2) is 0 Å². The summed E-state index contributed by atoms with van der Waals surface area (Å²) in [4.78, 5) is 0. The third-order valence-corrected chi connectivity index (χ3v) is 2.96. The van der Waals surface area contributed by atoms with Gasteiger partial charge in [-0.15, -0.1) is 0 Å². The number of nitrogens with one attached hydrogen (secondary N) is 1.